The summed E-state index contributed by atoms with van der Waals surface area (Å²) in [6, 6.07) is 10.9. The molecule has 0 radical (unpaired) electrons. The molecule has 0 aliphatic rings. The van der Waals surface area contributed by atoms with Gasteiger partial charge in [-0.3, -0.25) is 4.90 Å². The Kier molecular flexibility index (Phi) is 4.75. The van der Waals surface area contributed by atoms with E-state index in [9.17, 15) is 0 Å². The minimum Gasteiger partial charge on any atom is -0.326 e. The second kappa shape index (κ2) is 6.33. The number of aryl methyl sites for hydroxylation is 2. The maximum absolute atomic E-state index is 5.70. The molecule has 0 saturated heterocycles. The van der Waals surface area contributed by atoms with Crippen molar-refractivity contribution < 1.29 is 0 Å². The van der Waals surface area contributed by atoms with Crippen molar-refractivity contribution in [2.45, 2.75) is 33.5 Å². The summed E-state index contributed by atoms with van der Waals surface area (Å²) in [6.45, 7) is 6.93. The van der Waals surface area contributed by atoms with E-state index in [4.69, 9.17) is 5.73 Å². The maximum Gasteiger partial charge on any atom is 0.0274 e. The zero-order valence-corrected chi connectivity index (χ0v) is 12.8. The van der Waals surface area contributed by atoms with Crippen molar-refractivity contribution >= 4 is 11.3 Å². The van der Waals surface area contributed by atoms with Crippen LogP contribution in [0, 0.1) is 13.8 Å². The first-order valence-corrected chi connectivity index (χ1v) is 7.42. The molecule has 2 rings (SSSR count). The largest absolute Gasteiger partial charge is 0.326 e. The van der Waals surface area contributed by atoms with Gasteiger partial charge in [0.05, 0.1) is 0 Å². The van der Waals surface area contributed by atoms with E-state index < -0.39 is 0 Å². The molecule has 0 amide bonds. The molecule has 2 nitrogen and oxygen atoms in total. The van der Waals surface area contributed by atoms with Crippen LogP contribution in [0.5, 0.6) is 0 Å². The highest BCUT2D eigenvalue weighted by Crippen LogP contribution is 2.22. The molecule has 0 unspecified atom stereocenters. The van der Waals surface area contributed by atoms with Crippen LogP contribution in [0.25, 0.3) is 0 Å². The number of thiophene rings is 1. The van der Waals surface area contributed by atoms with Crippen molar-refractivity contribution in [2.75, 3.05) is 7.05 Å². The standard InChI is InChI=1S/C16H22N2S/c1-12-5-4-6-14(7-12)10-18(3)11-15-8-16(9-17)19-13(15)2/h4-8H,9-11,17H2,1-3H3. The summed E-state index contributed by atoms with van der Waals surface area (Å²) in [5, 5.41) is 0. The molecule has 102 valence electrons. The lowest BCUT2D eigenvalue weighted by Gasteiger charge is -2.17. The van der Waals surface area contributed by atoms with Crippen LogP contribution in [-0.4, -0.2) is 11.9 Å². The minimum absolute atomic E-state index is 0.646. The first-order chi connectivity index (χ1) is 9.08. The molecule has 0 aliphatic heterocycles. The summed E-state index contributed by atoms with van der Waals surface area (Å²) in [5.41, 5.74) is 9.80. The zero-order chi connectivity index (χ0) is 13.8. The van der Waals surface area contributed by atoms with Gasteiger partial charge in [-0.2, -0.15) is 0 Å². The van der Waals surface area contributed by atoms with Crippen molar-refractivity contribution in [3.05, 3.63) is 56.8 Å². The fraction of sp³-hybridized carbons (Fsp3) is 0.375. The topological polar surface area (TPSA) is 29.3 Å². The quantitative estimate of drug-likeness (QED) is 0.905. The van der Waals surface area contributed by atoms with Gasteiger partial charge in [-0.25, -0.2) is 0 Å². The summed E-state index contributed by atoms with van der Waals surface area (Å²) in [6.07, 6.45) is 0. The Morgan fingerprint density at radius 3 is 2.58 bits per heavy atom. The van der Waals surface area contributed by atoms with Crippen molar-refractivity contribution in [2.24, 2.45) is 5.73 Å². The van der Waals surface area contributed by atoms with E-state index in [2.05, 4.69) is 56.1 Å². The average molecular weight is 274 g/mol. The van der Waals surface area contributed by atoms with E-state index >= 15 is 0 Å². The Bertz CT molecular complexity index is 545. The fourth-order valence-corrected chi connectivity index (χ4v) is 3.25. The molecule has 0 bridgehead atoms. The maximum atomic E-state index is 5.70. The van der Waals surface area contributed by atoms with E-state index in [0.717, 1.165) is 13.1 Å². The molecule has 2 aromatic rings. The van der Waals surface area contributed by atoms with Crippen molar-refractivity contribution in [1.29, 1.82) is 0 Å². The van der Waals surface area contributed by atoms with E-state index in [1.807, 2.05) is 11.3 Å². The van der Waals surface area contributed by atoms with E-state index in [1.165, 1.54) is 26.4 Å². The second-order valence-corrected chi connectivity index (χ2v) is 6.50. The molecule has 1 aromatic heterocycles. The molecule has 1 aromatic carbocycles. The lowest BCUT2D eigenvalue weighted by atomic mass is 10.1. The third-order valence-corrected chi connectivity index (χ3v) is 4.36. The lowest BCUT2D eigenvalue weighted by molar-refractivity contribution is 0.319. The summed E-state index contributed by atoms with van der Waals surface area (Å²) in [7, 11) is 2.17. The normalized spacial score (nSPS) is 11.2. The van der Waals surface area contributed by atoms with Crippen LogP contribution in [0.3, 0.4) is 0 Å². The predicted octanol–water partition coefficient (Wildman–Crippen LogP) is 3.46. The highest BCUT2D eigenvalue weighted by molar-refractivity contribution is 7.12. The van der Waals surface area contributed by atoms with Crippen molar-refractivity contribution in [3.8, 4) is 0 Å². The molecule has 0 saturated carbocycles. The number of hydrogen-bond donors (Lipinski definition) is 1. The van der Waals surface area contributed by atoms with Gasteiger partial charge in [0, 0.05) is 29.4 Å². The van der Waals surface area contributed by atoms with Crippen LogP contribution in [0.15, 0.2) is 30.3 Å². The van der Waals surface area contributed by atoms with Gasteiger partial charge in [0.25, 0.3) is 0 Å². The van der Waals surface area contributed by atoms with E-state index in [1.54, 1.807) is 0 Å². The Morgan fingerprint density at radius 2 is 1.95 bits per heavy atom. The Labute approximate surface area is 119 Å². The highest BCUT2D eigenvalue weighted by Gasteiger charge is 2.08. The van der Waals surface area contributed by atoms with E-state index in [0.29, 0.717) is 6.54 Å². The molecule has 0 atom stereocenters. The highest BCUT2D eigenvalue weighted by atomic mass is 32.1. The molecule has 2 N–H and O–H groups in total. The van der Waals surface area contributed by atoms with Crippen LogP contribution in [0.4, 0.5) is 0 Å². The van der Waals surface area contributed by atoms with Crippen LogP contribution < -0.4 is 5.73 Å². The summed E-state index contributed by atoms with van der Waals surface area (Å²) in [5.74, 6) is 0. The van der Waals surface area contributed by atoms with Gasteiger partial charge in [-0.1, -0.05) is 29.8 Å². The van der Waals surface area contributed by atoms with Crippen molar-refractivity contribution in [1.82, 2.24) is 4.90 Å². The van der Waals surface area contributed by atoms with Gasteiger partial charge in [0.2, 0.25) is 0 Å². The molecule has 0 aliphatic carbocycles. The Balaban J connectivity index is 2.00. The van der Waals surface area contributed by atoms with Gasteiger partial charge in [0.1, 0.15) is 0 Å². The van der Waals surface area contributed by atoms with Crippen LogP contribution in [0.1, 0.15) is 26.4 Å². The molecular weight excluding hydrogens is 252 g/mol. The first kappa shape index (κ1) is 14.3. The number of hydrogen-bond acceptors (Lipinski definition) is 3. The number of nitrogens with two attached hydrogens (primary N) is 1. The van der Waals surface area contributed by atoms with Gasteiger partial charge in [-0.15, -0.1) is 11.3 Å². The van der Waals surface area contributed by atoms with Gasteiger partial charge in [0.15, 0.2) is 0 Å². The molecule has 19 heavy (non-hydrogen) atoms. The molecule has 1 heterocycles. The minimum atomic E-state index is 0.646. The Morgan fingerprint density at radius 1 is 1.16 bits per heavy atom. The average Bonchev–Trinajstić information content (AvgIpc) is 2.70. The van der Waals surface area contributed by atoms with Crippen molar-refractivity contribution in [3.63, 3.8) is 0 Å². The Hall–Kier alpha value is -1.16. The number of benzene rings is 1. The summed E-state index contributed by atoms with van der Waals surface area (Å²) < 4.78 is 0. The van der Waals surface area contributed by atoms with Gasteiger partial charge < -0.3 is 5.73 Å². The predicted molar refractivity (Wildman–Crippen MR) is 83.3 cm³/mol. The van der Waals surface area contributed by atoms with Gasteiger partial charge in [-0.05, 0) is 38.1 Å². The van der Waals surface area contributed by atoms with Crippen LogP contribution in [0.2, 0.25) is 0 Å². The number of rotatable bonds is 5. The lowest BCUT2D eigenvalue weighted by Crippen LogP contribution is -2.17. The SMILES string of the molecule is Cc1cccc(CN(C)Cc2cc(CN)sc2C)c1. The smallest absolute Gasteiger partial charge is 0.0274 e. The number of nitrogens with zero attached hydrogens (tertiary/aromatic N) is 1. The monoisotopic (exact) mass is 274 g/mol. The van der Waals surface area contributed by atoms with E-state index in [-0.39, 0.29) is 0 Å². The van der Waals surface area contributed by atoms with Gasteiger partial charge >= 0.3 is 0 Å². The van der Waals surface area contributed by atoms with Crippen LogP contribution >= 0.6 is 11.3 Å². The molecule has 3 heteroatoms. The first-order valence-electron chi connectivity index (χ1n) is 6.61. The molecular formula is C16H22N2S. The van der Waals surface area contributed by atoms with Crippen LogP contribution in [-0.2, 0) is 19.6 Å². The third-order valence-electron chi connectivity index (χ3n) is 3.25. The summed E-state index contributed by atoms with van der Waals surface area (Å²) in [4.78, 5) is 5.01. The zero-order valence-electron chi connectivity index (χ0n) is 11.9. The fourth-order valence-electron chi connectivity index (χ4n) is 2.31. The second-order valence-electron chi connectivity index (χ2n) is 5.16. The summed E-state index contributed by atoms with van der Waals surface area (Å²) >= 11 is 1.81. The molecule has 0 fully saturated rings. The third kappa shape index (κ3) is 3.90. The molecule has 0 spiro atoms.